The maximum atomic E-state index is 12.9. The molecule has 11 heteroatoms. The van der Waals surface area contributed by atoms with Crippen LogP contribution in [-0.2, 0) is 6.54 Å². The number of aromatic hydroxyl groups is 1. The zero-order valence-electron chi connectivity index (χ0n) is 15.9. The second-order valence-electron chi connectivity index (χ2n) is 6.28. The van der Waals surface area contributed by atoms with Crippen LogP contribution in [0.5, 0.6) is 11.6 Å². The van der Waals surface area contributed by atoms with Crippen molar-refractivity contribution >= 4 is 5.91 Å². The first-order chi connectivity index (χ1) is 14.1. The highest BCUT2D eigenvalue weighted by Gasteiger charge is 2.31. The quantitative estimate of drug-likeness (QED) is 0.658. The summed E-state index contributed by atoms with van der Waals surface area (Å²) in [6.07, 6.45) is -3.41. The first-order valence-corrected chi connectivity index (χ1v) is 8.65. The summed E-state index contributed by atoms with van der Waals surface area (Å²) in [6.45, 7) is 1.57. The average Bonchev–Trinajstić information content (AvgIpc) is 2.90. The zero-order valence-corrected chi connectivity index (χ0v) is 15.9. The standard InChI is InChI=1S/C19H17F3N4O4/c1-11-17(28)26(13-3-5-14(6-4-13)30-19(20,21)22)18(29)25(11)10-12-7-8-24-15(9-12)16(27)23-2/h3-9,28H,10H2,1-2H3,(H,23,27). The van der Waals surface area contributed by atoms with Crippen LogP contribution in [0.4, 0.5) is 13.2 Å². The van der Waals surface area contributed by atoms with Crippen molar-refractivity contribution in [1.29, 1.82) is 0 Å². The third kappa shape index (κ3) is 4.29. The molecule has 0 aliphatic carbocycles. The molecule has 1 amide bonds. The molecule has 158 valence electrons. The number of nitrogens with one attached hydrogen (secondary N) is 1. The maximum Gasteiger partial charge on any atom is 0.573 e. The molecule has 0 radical (unpaired) electrons. The molecule has 0 saturated heterocycles. The Morgan fingerprint density at radius 2 is 1.90 bits per heavy atom. The van der Waals surface area contributed by atoms with E-state index < -0.39 is 17.8 Å². The van der Waals surface area contributed by atoms with Crippen molar-refractivity contribution in [3.63, 3.8) is 0 Å². The lowest BCUT2D eigenvalue weighted by atomic mass is 10.2. The van der Waals surface area contributed by atoms with Gasteiger partial charge in [-0.05, 0) is 48.9 Å². The molecule has 2 heterocycles. The molecule has 1 aromatic carbocycles. The summed E-state index contributed by atoms with van der Waals surface area (Å²) in [7, 11) is 1.47. The molecule has 0 saturated carbocycles. The van der Waals surface area contributed by atoms with Crippen LogP contribution in [0.3, 0.4) is 0 Å². The highest BCUT2D eigenvalue weighted by atomic mass is 19.4. The predicted octanol–water partition coefficient (Wildman–Crippen LogP) is 2.35. The van der Waals surface area contributed by atoms with E-state index in [1.807, 2.05) is 0 Å². The van der Waals surface area contributed by atoms with Crippen LogP contribution in [0.2, 0.25) is 0 Å². The fourth-order valence-corrected chi connectivity index (χ4v) is 2.86. The lowest BCUT2D eigenvalue weighted by Gasteiger charge is -2.09. The second kappa shape index (κ2) is 7.93. The van der Waals surface area contributed by atoms with Gasteiger partial charge < -0.3 is 15.2 Å². The van der Waals surface area contributed by atoms with Crippen LogP contribution in [-0.4, -0.2) is 38.5 Å². The van der Waals surface area contributed by atoms with Crippen molar-refractivity contribution in [2.24, 2.45) is 0 Å². The number of carbonyl (C=O) groups is 1. The van der Waals surface area contributed by atoms with E-state index in [4.69, 9.17) is 0 Å². The molecule has 0 fully saturated rings. The average molecular weight is 422 g/mol. The number of pyridine rings is 1. The topological polar surface area (TPSA) is 98.4 Å². The van der Waals surface area contributed by atoms with Gasteiger partial charge in [-0.15, -0.1) is 13.2 Å². The van der Waals surface area contributed by atoms with E-state index in [9.17, 15) is 27.9 Å². The molecule has 3 rings (SSSR count). The molecule has 3 aromatic rings. The second-order valence-corrected chi connectivity index (χ2v) is 6.28. The van der Waals surface area contributed by atoms with Crippen LogP contribution in [0.1, 0.15) is 21.7 Å². The molecular weight excluding hydrogens is 405 g/mol. The van der Waals surface area contributed by atoms with Crippen molar-refractivity contribution in [2.45, 2.75) is 19.8 Å². The summed E-state index contributed by atoms with van der Waals surface area (Å²) in [5, 5.41) is 12.9. The van der Waals surface area contributed by atoms with Crippen molar-refractivity contribution < 1.29 is 27.8 Å². The number of imidazole rings is 1. The minimum atomic E-state index is -4.83. The van der Waals surface area contributed by atoms with Crippen LogP contribution in [0.25, 0.3) is 5.69 Å². The molecule has 8 nitrogen and oxygen atoms in total. The van der Waals surface area contributed by atoms with E-state index >= 15 is 0 Å². The van der Waals surface area contributed by atoms with Gasteiger partial charge in [0.2, 0.25) is 5.88 Å². The van der Waals surface area contributed by atoms with Gasteiger partial charge in [0.1, 0.15) is 11.4 Å². The summed E-state index contributed by atoms with van der Waals surface area (Å²) in [4.78, 5) is 28.6. The number of alkyl halides is 3. The van der Waals surface area contributed by atoms with E-state index in [1.54, 1.807) is 6.07 Å². The minimum absolute atomic E-state index is 0.0486. The number of ether oxygens (including phenoxy) is 1. The van der Waals surface area contributed by atoms with Gasteiger partial charge >= 0.3 is 12.1 Å². The number of benzene rings is 1. The Morgan fingerprint density at radius 1 is 1.23 bits per heavy atom. The van der Waals surface area contributed by atoms with Crippen LogP contribution in [0.15, 0.2) is 47.4 Å². The molecule has 0 atom stereocenters. The molecular formula is C19H17F3N4O4. The van der Waals surface area contributed by atoms with Gasteiger partial charge in [-0.2, -0.15) is 0 Å². The van der Waals surface area contributed by atoms with E-state index in [0.717, 1.165) is 16.7 Å². The summed E-state index contributed by atoms with van der Waals surface area (Å²) >= 11 is 0. The van der Waals surface area contributed by atoms with Gasteiger partial charge in [-0.3, -0.25) is 14.3 Å². The fraction of sp³-hybridized carbons (Fsp3) is 0.211. The van der Waals surface area contributed by atoms with Gasteiger partial charge in [-0.25, -0.2) is 9.36 Å². The Bertz CT molecular complexity index is 1130. The van der Waals surface area contributed by atoms with Gasteiger partial charge in [0.05, 0.1) is 17.9 Å². The number of aromatic nitrogens is 3. The third-order valence-corrected chi connectivity index (χ3v) is 4.32. The zero-order chi connectivity index (χ0) is 22.1. The Balaban J connectivity index is 1.95. The smallest absolute Gasteiger partial charge is 0.493 e. The van der Waals surface area contributed by atoms with Gasteiger partial charge in [0, 0.05) is 13.2 Å². The van der Waals surface area contributed by atoms with Crippen molar-refractivity contribution in [3.8, 4) is 17.3 Å². The monoisotopic (exact) mass is 422 g/mol. The lowest BCUT2D eigenvalue weighted by Crippen LogP contribution is -2.25. The molecule has 0 spiro atoms. The van der Waals surface area contributed by atoms with E-state index in [2.05, 4.69) is 15.0 Å². The molecule has 0 aliphatic heterocycles. The van der Waals surface area contributed by atoms with Gasteiger partial charge in [-0.1, -0.05) is 0 Å². The van der Waals surface area contributed by atoms with E-state index in [1.165, 1.54) is 42.9 Å². The van der Waals surface area contributed by atoms with Crippen molar-refractivity contribution in [1.82, 2.24) is 19.4 Å². The van der Waals surface area contributed by atoms with Crippen molar-refractivity contribution in [3.05, 3.63) is 70.0 Å². The van der Waals surface area contributed by atoms with Gasteiger partial charge in [0.15, 0.2) is 0 Å². The molecule has 0 aliphatic rings. The van der Waals surface area contributed by atoms with Crippen LogP contribution >= 0.6 is 0 Å². The van der Waals surface area contributed by atoms with Crippen LogP contribution in [0, 0.1) is 6.92 Å². The number of amides is 1. The highest BCUT2D eigenvalue weighted by molar-refractivity contribution is 5.92. The lowest BCUT2D eigenvalue weighted by molar-refractivity contribution is -0.274. The summed E-state index contributed by atoms with van der Waals surface area (Å²) < 4.78 is 43.0. The number of hydrogen-bond acceptors (Lipinski definition) is 5. The van der Waals surface area contributed by atoms with Crippen molar-refractivity contribution in [2.75, 3.05) is 7.05 Å². The molecule has 0 unspecified atom stereocenters. The Kier molecular flexibility index (Phi) is 5.54. The number of hydrogen-bond donors (Lipinski definition) is 2. The molecule has 0 bridgehead atoms. The van der Waals surface area contributed by atoms with E-state index in [0.29, 0.717) is 5.56 Å². The number of carbonyl (C=O) groups excluding carboxylic acids is 1. The highest BCUT2D eigenvalue weighted by Crippen LogP contribution is 2.25. The van der Waals surface area contributed by atoms with Crippen LogP contribution < -0.4 is 15.7 Å². The first kappa shape index (κ1) is 21.0. The number of nitrogens with zero attached hydrogens (tertiary/aromatic N) is 3. The summed E-state index contributed by atoms with van der Waals surface area (Å²) in [5.74, 6) is -1.19. The largest absolute Gasteiger partial charge is 0.573 e. The number of rotatable bonds is 5. The maximum absolute atomic E-state index is 12.9. The summed E-state index contributed by atoms with van der Waals surface area (Å²) in [6, 6.07) is 7.67. The normalized spacial score (nSPS) is 11.4. The fourth-order valence-electron chi connectivity index (χ4n) is 2.86. The molecule has 2 N–H and O–H groups in total. The van der Waals surface area contributed by atoms with E-state index in [-0.39, 0.29) is 35.4 Å². The predicted molar refractivity (Wildman–Crippen MR) is 99.8 cm³/mol. The Morgan fingerprint density at radius 3 is 2.50 bits per heavy atom. The Labute approximate surface area is 168 Å². The SMILES string of the molecule is CNC(=O)c1cc(Cn2c(C)c(O)n(-c3ccc(OC(F)(F)F)cc3)c2=O)ccn1. The third-order valence-electron chi connectivity index (χ3n) is 4.32. The summed E-state index contributed by atoms with van der Waals surface area (Å²) in [5.41, 5.74) is 0.570. The molecule has 30 heavy (non-hydrogen) atoms. The van der Waals surface area contributed by atoms with Gasteiger partial charge in [0.25, 0.3) is 5.91 Å². The minimum Gasteiger partial charge on any atom is -0.493 e. The first-order valence-electron chi connectivity index (χ1n) is 8.65. The molecule has 2 aromatic heterocycles. The Hall–Kier alpha value is -3.76. The number of halogens is 3.